The lowest BCUT2D eigenvalue weighted by molar-refractivity contribution is 0.592. The molecule has 2 aromatic carbocycles. The van der Waals surface area contributed by atoms with Crippen molar-refractivity contribution in [3.63, 3.8) is 0 Å². The Morgan fingerprint density at radius 3 is 2.29 bits per heavy atom. The third-order valence-corrected chi connectivity index (χ3v) is 6.60. The quantitative estimate of drug-likeness (QED) is 0.807. The molecule has 1 saturated carbocycles. The molecule has 21 heavy (non-hydrogen) atoms. The van der Waals surface area contributed by atoms with E-state index in [1.165, 1.54) is 0 Å². The van der Waals surface area contributed by atoms with Gasteiger partial charge in [0.05, 0.1) is 10.1 Å². The summed E-state index contributed by atoms with van der Waals surface area (Å²) >= 11 is 0. The zero-order chi connectivity index (χ0) is 15.1. The molecule has 0 bridgehead atoms. The molecule has 0 aliphatic heterocycles. The lowest BCUT2D eigenvalue weighted by atomic mass is 9.96. The molecule has 1 aliphatic rings. The van der Waals surface area contributed by atoms with Crippen molar-refractivity contribution in [3.05, 3.63) is 78.4 Å². The van der Waals surface area contributed by atoms with Crippen LogP contribution in [-0.2, 0) is 15.3 Å². The second-order valence-corrected chi connectivity index (χ2v) is 7.79. The van der Waals surface area contributed by atoms with E-state index in [-0.39, 0.29) is 0 Å². The van der Waals surface area contributed by atoms with Crippen molar-refractivity contribution in [2.75, 3.05) is 0 Å². The Morgan fingerprint density at radius 1 is 1.10 bits per heavy atom. The maximum absolute atomic E-state index is 12.8. The van der Waals surface area contributed by atoms with Gasteiger partial charge in [-0.3, -0.25) is 0 Å². The van der Waals surface area contributed by atoms with Crippen LogP contribution in [0.15, 0.2) is 72.1 Å². The highest BCUT2D eigenvalue weighted by Gasteiger charge is 2.60. The molecule has 2 aromatic rings. The highest BCUT2D eigenvalue weighted by atomic mass is 32.2. The minimum Gasteiger partial charge on any atom is -0.223 e. The monoisotopic (exact) mass is 298 g/mol. The standard InChI is InChI=1S/C18H18O2S/c1-3-18(15-7-5-4-6-8-15)13-17(18)21(19,20)16-11-9-14(2)10-12-16/h3-12,17H,1,13H2,2H3/t17-,18+/m0/s1. The number of aryl methyl sites for hydroxylation is 1. The smallest absolute Gasteiger partial charge is 0.182 e. The van der Waals surface area contributed by atoms with E-state index in [9.17, 15) is 8.42 Å². The number of rotatable bonds is 4. The van der Waals surface area contributed by atoms with Gasteiger partial charge in [0, 0.05) is 5.41 Å². The Morgan fingerprint density at radius 2 is 1.71 bits per heavy atom. The highest BCUT2D eigenvalue weighted by molar-refractivity contribution is 7.92. The summed E-state index contributed by atoms with van der Waals surface area (Å²) < 4.78 is 25.6. The Balaban J connectivity index is 1.99. The van der Waals surface area contributed by atoms with Crippen LogP contribution in [0, 0.1) is 6.92 Å². The molecule has 0 radical (unpaired) electrons. The summed E-state index contributed by atoms with van der Waals surface area (Å²) in [5.74, 6) is 0. The summed E-state index contributed by atoms with van der Waals surface area (Å²) in [6, 6.07) is 16.8. The van der Waals surface area contributed by atoms with E-state index in [1.807, 2.05) is 49.4 Å². The van der Waals surface area contributed by atoms with Crippen molar-refractivity contribution in [1.82, 2.24) is 0 Å². The van der Waals surface area contributed by atoms with E-state index in [2.05, 4.69) is 6.58 Å². The van der Waals surface area contributed by atoms with Gasteiger partial charge >= 0.3 is 0 Å². The zero-order valence-corrected chi connectivity index (χ0v) is 12.8. The second kappa shape index (κ2) is 4.85. The predicted molar refractivity (Wildman–Crippen MR) is 85.1 cm³/mol. The summed E-state index contributed by atoms with van der Waals surface area (Å²) in [4.78, 5) is 0.401. The minimum absolute atomic E-state index is 0.401. The Hall–Kier alpha value is -1.87. The third kappa shape index (κ3) is 2.22. The molecule has 0 unspecified atom stereocenters. The fourth-order valence-corrected chi connectivity index (χ4v) is 5.04. The normalized spacial score (nSPS) is 24.5. The summed E-state index contributed by atoms with van der Waals surface area (Å²) in [6.07, 6.45) is 2.40. The Labute approximate surface area is 126 Å². The van der Waals surface area contributed by atoms with Gasteiger partial charge in [-0.25, -0.2) is 8.42 Å². The van der Waals surface area contributed by atoms with Crippen molar-refractivity contribution in [3.8, 4) is 0 Å². The van der Waals surface area contributed by atoms with Crippen LogP contribution in [-0.4, -0.2) is 13.7 Å². The molecule has 2 nitrogen and oxygen atoms in total. The molecule has 0 spiro atoms. The summed E-state index contributed by atoms with van der Waals surface area (Å²) in [7, 11) is -3.32. The molecule has 2 atom stereocenters. The largest absolute Gasteiger partial charge is 0.223 e. The molecular weight excluding hydrogens is 280 g/mol. The molecule has 3 rings (SSSR count). The van der Waals surface area contributed by atoms with E-state index in [0.29, 0.717) is 11.3 Å². The molecule has 0 amide bonds. The lowest BCUT2D eigenvalue weighted by Gasteiger charge is -2.13. The number of hydrogen-bond donors (Lipinski definition) is 0. The van der Waals surface area contributed by atoms with Crippen LogP contribution in [0.5, 0.6) is 0 Å². The van der Waals surface area contributed by atoms with Crippen LogP contribution in [0.25, 0.3) is 0 Å². The van der Waals surface area contributed by atoms with E-state index >= 15 is 0 Å². The second-order valence-electron chi connectivity index (χ2n) is 5.66. The molecule has 0 saturated heterocycles. The molecular formula is C18H18O2S. The highest BCUT2D eigenvalue weighted by Crippen LogP contribution is 2.55. The molecule has 0 aromatic heterocycles. The van der Waals surface area contributed by atoms with Crippen LogP contribution in [0.2, 0.25) is 0 Å². The van der Waals surface area contributed by atoms with Crippen LogP contribution in [0.4, 0.5) is 0 Å². The van der Waals surface area contributed by atoms with Crippen molar-refractivity contribution in [1.29, 1.82) is 0 Å². The first kappa shape index (κ1) is 14.1. The number of hydrogen-bond acceptors (Lipinski definition) is 2. The Kier molecular flexibility index (Phi) is 3.25. The van der Waals surface area contributed by atoms with Gasteiger partial charge in [0.2, 0.25) is 0 Å². The van der Waals surface area contributed by atoms with Gasteiger partial charge in [-0.1, -0.05) is 54.1 Å². The van der Waals surface area contributed by atoms with Crippen LogP contribution in [0.3, 0.4) is 0 Å². The van der Waals surface area contributed by atoms with Crippen molar-refractivity contribution >= 4 is 9.84 Å². The molecule has 0 N–H and O–H groups in total. The number of allylic oxidation sites excluding steroid dienone is 1. The maximum atomic E-state index is 12.8. The predicted octanol–water partition coefficient (Wildman–Crippen LogP) is 3.67. The average Bonchev–Trinajstić information content (AvgIpc) is 3.26. The summed E-state index contributed by atoms with van der Waals surface area (Å²) in [6.45, 7) is 5.83. The van der Waals surface area contributed by atoms with E-state index < -0.39 is 20.5 Å². The maximum Gasteiger partial charge on any atom is 0.182 e. The molecule has 1 fully saturated rings. The van der Waals surface area contributed by atoms with Gasteiger partial charge in [0.15, 0.2) is 9.84 Å². The average molecular weight is 298 g/mol. The van der Waals surface area contributed by atoms with E-state index in [1.54, 1.807) is 18.2 Å². The lowest BCUT2D eigenvalue weighted by Crippen LogP contribution is -2.18. The van der Waals surface area contributed by atoms with Crippen molar-refractivity contribution < 1.29 is 8.42 Å². The molecule has 108 valence electrons. The Bertz CT molecular complexity index is 761. The van der Waals surface area contributed by atoms with Gasteiger partial charge in [0.1, 0.15) is 0 Å². The van der Waals surface area contributed by atoms with Gasteiger partial charge in [-0.2, -0.15) is 0 Å². The van der Waals surface area contributed by atoms with Gasteiger partial charge in [-0.15, -0.1) is 6.58 Å². The van der Waals surface area contributed by atoms with Gasteiger partial charge < -0.3 is 0 Å². The summed E-state index contributed by atoms with van der Waals surface area (Å²) in [5, 5.41) is -0.410. The topological polar surface area (TPSA) is 34.1 Å². The fourth-order valence-electron chi connectivity index (χ4n) is 2.91. The summed E-state index contributed by atoms with van der Waals surface area (Å²) in [5.41, 5.74) is 1.65. The van der Waals surface area contributed by atoms with Crippen molar-refractivity contribution in [2.45, 2.75) is 28.9 Å². The van der Waals surface area contributed by atoms with Crippen LogP contribution in [0.1, 0.15) is 17.5 Å². The first-order valence-electron chi connectivity index (χ1n) is 7.00. The molecule has 0 heterocycles. The number of sulfone groups is 1. The first-order chi connectivity index (χ1) is 10.0. The SMILES string of the molecule is C=C[C@]1(c2ccccc2)C[C@@H]1S(=O)(=O)c1ccc(C)cc1. The molecule has 1 aliphatic carbocycles. The van der Waals surface area contributed by atoms with Crippen molar-refractivity contribution in [2.24, 2.45) is 0 Å². The number of benzene rings is 2. The fraction of sp³-hybridized carbons (Fsp3) is 0.222. The van der Waals surface area contributed by atoms with E-state index in [0.717, 1.165) is 11.1 Å². The first-order valence-corrected chi connectivity index (χ1v) is 8.55. The molecule has 3 heteroatoms. The van der Waals surface area contributed by atoms with Gasteiger partial charge in [-0.05, 0) is 31.0 Å². The zero-order valence-electron chi connectivity index (χ0n) is 12.0. The van der Waals surface area contributed by atoms with E-state index in [4.69, 9.17) is 0 Å². The van der Waals surface area contributed by atoms with Gasteiger partial charge in [0.25, 0.3) is 0 Å². The van der Waals surface area contributed by atoms with Crippen LogP contribution >= 0.6 is 0 Å². The van der Waals surface area contributed by atoms with Crippen LogP contribution < -0.4 is 0 Å². The third-order valence-electron chi connectivity index (χ3n) is 4.34. The minimum atomic E-state index is -3.32.